The standard InChI is InChI=1S/C12H20N4O2/c1-7(5-6-18-2)14-12(17)11-9(13)10(15-16-11)8-3-4-8/h7-8H,3-6,13H2,1-2H3,(H,14,17)(H,15,16). The maximum Gasteiger partial charge on any atom is 0.274 e. The monoisotopic (exact) mass is 252 g/mol. The highest BCUT2D eigenvalue weighted by Gasteiger charge is 2.30. The molecule has 6 heteroatoms. The molecule has 18 heavy (non-hydrogen) atoms. The van der Waals surface area contributed by atoms with E-state index in [1.54, 1.807) is 7.11 Å². The van der Waals surface area contributed by atoms with Gasteiger partial charge < -0.3 is 15.8 Å². The van der Waals surface area contributed by atoms with E-state index in [9.17, 15) is 4.79 Å². The molecule has 1 atom stereocenters. The fourth-order valence-electron chi connectivity index (χ4n) is 1.88. The van der Waals surface area contributed by atoms with Crippen LogP contribution in [0.4, 0.5) is 5.69 Å². The van der Waals surface area contributed by atoms with E-state index >= 15 is 0 Å². The Hall–Kier alpha value is -1.56. The average Bonchev–Trinajstić information content (AvgIpc) is 3.10. The number of amides is 1. The van der Waals surface area contributed by atoms with Crippen molar-refractivity contribution in [2.45, 2.75) is 38.1 Å². The first-order chi connectivity index (χ1) is 8.63. The molecule has 0 spiro atoms. The van der Waals surface area contributed by atoms with Crippen molar-refractivity contribution in [3.05, 3.63) is 11.4 Å². The second-order valence-corrected chi connectivity index (χ2v) is 4.83. The summed E-state index contributed by atoms with van der Waals surface area (Å²) in [7, 11) is 1.64. The van der Waals surface area contributed by atoms with Gasteiger partial charge >= 0.3 is 0 Å². The molecule has 1 aromatic rings. The third-order valence-electron chi connectivity index (χ3n) is 3.17. The van der Waals surface area contributed by atoms with Crippen LogP contribution in [0.25, 0.3) is 0 Å². The van der Waals surface area contributed by atoms with Gasteiger partial charge in [0.05, 0.1) is 11.4 Å². The number of nitrogens with two attached hydrogens (primary N) is 1. The van der Waals surface area contributed by atoms with Gasteiger partial charge in [-0.3, -0.25) is 9.89 Å². The number of aromatic nitrogens is 2. The first-order valence-corrected chi connectivity index (χ1v) is 6.27. The molecule has 0 bridgehead atoms. The molecule has 1 aliphatic rings. The molecular weight excluding hydrogens is 232 g/mol. The molecule has 4 N–H and O–H groups in total. The maximum absolute atomic E-state index is 12.0. The highest BCUT2D eigenvalue weighted by atomic mass is 16.5. The van der Waals surface area contributed by atoms with E-state index in [0.29, 0.717) is 23.9 Å². The number of anilines is 1. The zero-order valence-corrected chi connectivity index (χ0v) is 10.8. The molecule has 0 saturated heterocycles. The molecule has 0 aromatic carbocycles. The second kappa shape index (κ2) is 5.39. The van der Waals surface area contributed by atoms with Gasteiger partial charge in [0.25, 0.3) is 5.91 Å². The van der Waals surface area contributed by atoms with Crippen LogP contribution in [-0.2, 0) is 4.74 Å². The van der Waals surface area contributed by atoms with Crippen molar-refractivity contribution < 1.29 is 9.53 Å². The number of hydrogen-bond acceptors (Lipinski definition) is 4. The number of methoxy groups -OCH3 is 1. The van der Waals surface area contributed by atoms with E-state index in [1.807, 2.05) is 6.92 Å². The average molecular weight is 252 g/mol. The van der Waals surface area contributed by atoms with Gasteiger partial charge in [-0.15, -0.1) is 0 Å². The van der Waals surface area contributed by atoms with E-state index in [2.05, 4.69) is 15.5 Å². The lowest BCUT2D eigenvalue weighted by molar-refractivity contribution is 0.0925. The summed E-state index contributed by atoms with van der Waals surface area (Å²) in [6.07, 6.45) is 3.01. The van der Waals surface area contributed by atoms with Gasteiger partial charge in [-0.2, -0.15) is 5.10 Å². The van der Waals surface area contributed by atoms with Crippen molar-refractivity contribution in [1.82, 2.24) is 15.5 Å². The summed E-state index contributed by atoms with van der Waals surface area (Å²) in [5.74, 6) is 0.240. The van der Waals surface area contributed by atoms with Crippen LogP contribution in [0.3, 0.4) is 0 Å². The van der Waals surface area contributed by atoms with Crippen molar-refractivity contribution >= 4 is 11.6 Å². The van der Waals surface area contributed by atoms with Crippen LogP contribution in [0.1, 0.15) is 48.3 Å². The predicted molar refractivity (Wildman–Crippen MR) is 68.4 cm³/mol. The molecule has 6 nitrogen and oxygen atoms in total. The molecule has 2 rings (SSSR count). The van der Waals surface area contributed by atoms with Gasteiger partial charge in [-0.1, -0.05) is 0 Å². The number of nitrogens with zero attached hydrogens (tertiary/aromatic N) is 1. The molecule has 0 aliphatic heterocycles. The second-order valence-electron chi connectivity index (χ2n) is 4.83. The number of hydrogen-bond donors (Lipinski definition) is 3. The smallest absolute Gasteiger partial charge is 0.274 e. The summed E-state index contributed by atoms with van der Waals surface area (Å²) in [5.41, 5.74) is 7.65. The quantitative estimate of drug-likeness (QED) is 0.704. The number of nitrogen functional groups attached to an aromatic ring is 1. The normalized spacial score (nSPS) is 16.6. The van der Waals surface area contributed by atoms with Crippen molar-refractivity contribution in [2.75, 3.05) is 19.5 Å². The van der Waals surface area contributed by atoms with Crippen molar-refractivity contribution in [2.24, 2.45) is 0 Å². The molecule has 1 fully saturated rings. The number of H-pyrrole nitrogens is 1. The van der Waals surface area contributed by atoms with Gasteiger partial charge in [-0.05, 0) is 26.2 Å². The fraction of sp³-hybridized carbons (Fsp3) is 0.667. The molecule has 1 aromatic heterocycles. The van der Waals surface area contributed by atoms with Gasteiger partial charge in [0.1, 0.15) is 0 Å². The number of aromatic amines is 1. The lowest BCUT2D eigenvalue weighted by Gasteiger charge is -2.12. The minimum atomic E-state index is -0.223. The Morgan fingerprint density at radius 3 is 3.00 bits per heavy atom. The third-order valence-corrected chi connectivity index (χ3v) is 3.17. The van der Waals surface area contributed by atoms with Crippen molar-refractivity contribution in [3.8, 4) is 0 Å². The van der Waals surface area contributed by atoms with E-state index in [0.717, 1.165) is 25.0 Å². The van der Waals surface area contributed by atoms with Crippen LogP contribution < -0.4 is 11.1 Å². The first-order valence-electron chi connectivity index (χ1n) is 6.27. The lowest BCUT2D eigenvalue weighted by Crippen LogP contribution is -2.34. The van der Waals surface area contributed by atoms with Crippen LogP contribution >= 0.6 is 0 Å². The largest absolute Gasteiger partial charge is 0.395 e. The Bertz CT molecular complexity index is 426. The number of carbonyl (C=O) groups excluding carboxylic acids is 1. The lowest BCUT2D eigenvalue weighted by atomic mass is 10.2. The maximum atomic E-state index is 12.0. The van der Waals surface area contributed by atoms with E-state index in [1.165, 1.54) is 0 Å². The van der Waals surface area contributed by atoms with Gasteiger partial charge in [-0.25, -0.2) is 0 Å². The zero-order chi connectivity index (χ0) is 13.1. The Labute approximate surface area is 106 Å². The highest BCUT2D eigenvalue weighted by Crippen LogP contribution is 2.42. The van der Waals surface area contributed by atoms with E-state index in [4.69, 9.17) is 10.5 Å². The minimum absolute atomic E-state index is 0.0397. The summed E-state index contributed by atoms with van der Waals surface area (Å²) in [6, 6.07) is 0.0397. The minimum Gasteiger partial charge on any atom is -0.395 e. The first kappa shape index (κ1) is 12.9. The fourth-order valence-corrected chi connectivity index (χ4v) is 1.88. The van der Waals surface area contributed by atoms with Crippen LogP contribution in [-0.4, -0.2) is 35.9 Å². The van der Waals surface area contributed by atoms with Crippen LogP contribution in [0.5, 0.6) is 0 Å². The Kier molecular flexibility index (Phi) is 3.86. The third kappa shape index (κ3) is 2.81. The molecule has 1 aliphatic carbocycles. The summed E-state index contributed by atoms with van der Waals surface area (Å²) in [4.78, 5) is 12.0. The molecule has 1 saturated carbocycles. The molecule has 100 valence electrons. The summed E-state index contributed by atoms with van der Waals surface area (Å²) in [5, 5.41) is 9.75. The van der Waals surface area contributed by atoms with Crippen LogP contribution in [0.2, 0.25) is 0 Å². The van der Waals surface area contributed by atoms with Gasteiger partial charge in [0, 0.05) is 25.7 Å². The summed E-state index contributed by atoms with van der Waals surface area (Å²) >= 11 is 0. The van der Waals surface area contributed by atoms with Crippen molar-refractivity contribution in [1.29, 1.82) is 0 Å². The molecule has 1 unspecified atom stereocenters. The molecule has 1 amide bonds. The SMILES string of the molecule is COCCC(C)NC(=O)c1n[nH]c(C2CC2)c1N. The zero-order valence-electron chi connectivity index (χ0n) is 10.8. The number of ether oxygens (including phenoxy) is 1. The van der Waals surface area contributed by atoms with Gasteiger partial charge in [0.2, 0.25) is 0 Å². The van der Waals surface area contributed by atoms with E-state index < -0.39 is 0 Å². The topological polar surface area (TPSA) is 93.0 Å². The summed E-state index contributed by atoms with van der Waals surface area (Å²) < 4.78 is 4.97. The Morgan fingerprint density at radius 2 is 2.39 bits per heavy atom. The molecule has 0 radical (unpaired) electrons. The van der Waals surface area contributed by atoms with E-state index in [-0.39, 0.29) is 11.9 Å². The Balaban J connectivity index is 1.96. The number of carbonyl (C=O) groups is 1. The molecule has 1 heterocycles. The molecular formula is C12H20N4O2. The Morgan fingerprint density at radius 1 is 1.67 bits per heavy atom. The predicted octanol–water partition coefficient (Wildman–Crippen LogP) is 1.02. The van der Waals surface area contributed by atoms with Crippen molar-refractivity contribution in [3.63, 3.8) is 0 Å². The highest BCUT2D eigenvalue weighted by molar-refractivity contribution is 5.97. The van der Waals surface area contributed by atoms with Crippen LogP contribution in [0.15, 0.2) is 0 Å². The summed E-state index contributed by atoms with van der Waals surface area (Å²) in [6.45, 7) is 2.55. The van der Waals surface area contributed by atoms with Gasteiger partial charge in [0.15, 0.2) is 5.69 Å². The number of nitrogens with one attached hydrogen (secondary N) is 2. The van der Waals surface area contributed by atoms with Crippen LogP contribution in [0, 0.1) is 0 Å². The number of rotatable bonds is 6.